The van der Waals surface area contributed by atoms with Gasteiger partial charge in [0.15, 0.2) is 0 Å². The minimum Gasteiger partial charge on any atom is -0.489 e. The second-order valence-corrected chi connectivity index (χ2v) is 5.41. The smallest absolute Gasteiger partial charge is 0.146 e. The highest BCUT2D eigenvalue weighted by Crippen LogP contribution is 2.24. The zero-order valence-corrected chi connectivity index (χ0v) is 13.6. The van der Waals surface area contributed by atoms with Gasteiger partial charge in [0.1, 0.15) is 23.9 Å². The van der Waals surface area contributed by atoms with Crippen LogP contribution in [0, 0.1) is 0 Å². The van der Waals surface area contributed by atoms with Crippen LogP contribution in [0.15, 0.2) is 73.1 Å². The average molecular weight is 320 g/mol. The summed E-state index contributed by atoms with van der Waals surface area (Å²) in [6, 6.07) is 19.7. The second-order valence-electron chi connectivity index (χ2n) is 5.41. The number of nitrogens with one attached hydrogen (secondary N) is 1. The first-order valence-corrected chi connectivity index (χ1v) is 7.86. The third-order valence-corrected chi connectivity index (χ3v) is 3.46. The van der Waals surface area contributed by atoms with Gasteiger partial charge < -0.3 is 14.8 Å². The first-order valence-electron chi connectivity index (χ1n) is 7.86. The Morgan fingerprint density at radius 1 is 0.833 bits per heavy atom. The van der Waals surface area contributed by atoms with Gasteiger partial charge in [-0.2, -0.15) is 0 Å². The lowest BCUT2D eigenvalue weighted by Gasteiger charge is -2.09. The molecule has 0 saturated heterocycles. The van der Waals surface area contributed by atoms with Crippen molar-refractivity contribution in [3.8, 4) is 17.2 Å². The first kappa shape index (κ1) is 16.0. The largest absolute Gasteiger partial charge is 0.489 e. The number of hydrogen-bond donors (Lipinski definition) is 1. The molecule has 3 aromatic rings. The summed E-state index contributed by atoms with van der Waals surface area (Å²) in [5.74, 6) is 2.29. The average Bonchev–Trinajstić information content (AvgIpc) is 2.63. The molecule has 0 bridgehead atoms. The zero-order chi connectivity index (χ0) is 16.6. The third-order valence-electron chi connectivity index (χ3n) is 3.46. The van der Waals surface area contributed by atoms with Gasteiger partial charge >= 0.3 is 0 Å². The summed E-state index contributed by atoms with van der Waals surface area (Å²) in [7, 11) is 1.90. The van der Waals surface area contributed by atoms with Crippen LogP contribution in [0.4, 0.5) is 0 Å². The van der Waals surface area contributed by atoms with E-state index in [0.717, 1.165) is 34.9 Å². The number of benzene rings is 2. The van der Waals surface area contributed by atoms with Crippen LogP contribution in [0.2, 0.25) is 0 Å². The van der Waals surface area contributed by atoms with E-state index in [4.69, 9.17) is 9.47 Å². The van der Waals surface area contributed by atoms with Gasteiger partial charge in [-0.25, -0.2) is 0 Å². The van der Waals surface area contributed by atoms with E-state index in [1.54, 1.807) is 6.20 Å². The van der Waals surface area contributed by atoms with Gasteiger partial charge in [-0.3, -0.25) is 4.98 Å². The van der Waals surface area contributed by atoms with Crippen LogP contribution in [-0.4, -0.2) is 12.0 Å². The Kier molecular flexibility index (Phi) is 5.43. The van der Waals surface area contributed by atoms with E-state index in [1.807, 2.05) is 73.9 Å². The molecule has 0 aliphatic heterocycles. The van der Waals surface area contributed by atoms with Gasteiger partial charge in [-0.1, -0.05) is 30.3 Å². The maximum atomic E-state index is 5.84. The fourth-order valence-electron chi connectivity index (χ4n) is 2.30. The number of ether oxygens (including phenoxy) is 2. The summed E-state index contributed by atoms with van der Waals surface area (Å²) in [4.78, 5) is 4.19. The molecule has 1 heterocycles. The van der Waals surface area contributed by atoms with Crippen LogP contribution in [-0.2, 0) is 13.2 Å². The Labute approximate surface area is 142 Å². The number of hydrogen-bond acceptors (Lipinski definition) is 4. The van der Waals surface area contributed by atoms with Gasteiger partial charge in [0.2, 0.25) is 0 Å². The van der Waals surface area contributed by atoms with Crippen LogP contribution < -0.4 is 14.8 Å². The van der Waals surface area contributed by atoms with Gasteiger partial charge in [0, 0.05) is 12.7 Å². The maximum absolute atomic E-state index is 5.84. The van der Waals surface area contributed by atoms with Crippen LogP contribution in [0.5, 0.6) is 17.2 Å². The van der Waals surface area contributed by atoms with E-state index in [9.17, 15) is 0 Å². The molecule has 0 radical (unpaired) electrons. The molecule has 0 atom stereocenters. The Balaban J connectivity index is 1.59. The summed E-state index contributed by atoms with van der Waals surface area (Å²) < 4.78 is 11.6. The minimum absolute atomic E-state index is 0.553. The molecular formula is C20H20N2O2. The molecule has 0 aliphatic carbocycles. The molecule has 1 aromatic heterocycles. The Hall–Kier alpha value is -2.85. The van der Waals surface area contributed by atoms with Crippen molar-refractivity contribution < 1.29 is 9.47 Å². The van der Waals surface area contributed by atoms with E-state index in [-0.39, 0.29) is 0 Å². The third kappa shape index (κ3) is 4.57. The molecule has 0 aliphatic rings. The van der Waals surface area contributed by atoms with Crippen molar-refractivity contribution in [3.05, 3.63) is 84.2 Å². The first-order chi connectivity index (χ1) is 11.8. The minimum atomic E-state index is 0.553. The number of nitrogens with zero attached hydrogens (tertiary/aromatic N) is 1. The molecular weight excluding hydrogens is 300 g/mol. The van der Waals surface area contributed by atoms with Crippen LogP contribution >= 0.6 is 0 Å². The fraction of sp³-hybridized carbons (Fsp3) is 0.150. The normalized spacial score (nSPS) is 10.4. The number of aromatic nitrogens is 1. The van der Waals surface area contributed by atoms with Crippen molar-refractivity contribution in [1.29, 1.82) is 0 Å². The maximum Gasteiger partial charge on any atom is 0.146 e. The lowest BCUT2D eigenvalue weighted by atomic mass is 10.2. The Morgan fingerprint density at radius 2 is 1.58 bits per heavy atom. The Bertz CT molecular complexity index is 758. The molecule has 0 unspecified atom stereocenters. The van der Waals surface area contributed by atoms with Crippen LogP contribution in [0.25, 0.3) is 0 Å². The monoisotopic (exact) mass is 320 g/mol. The summed E-state index contributed by atoms with van der Waals surface area (Å²) in [6.07, 6.45) is 3.53. The SMILES string of the molecule is CNCc1cncc(Oc2ccc(OCc3ccccc3)cc2)c1. The summed E-state index contributed by atoms with van der Waals surface area (Å²) in [6.45, 7) is 1.31. The van der Waals surface area contributed by atoms with Crippen molar-refractivity contribution in [2.24, 2.45) is 0 Å². The standard InChI is InChI=1S/C20H20N2O2/c1-21-12-17-11-20(14-22-13-17)24-19-9-7-18(8-10-19)23-15-16-5-3-2-4-6-16/h2-11,13-14,21H,12,15H2,1H3. The van der Waals surface area contributed by atoms with E-state index in [1.165, 1.54) is 0 Å². The van der Waals surface area contributed by atoms with Gasteiger partial charge in [0.05, 0.1) is 6.20 Å². The highest BCUT2D eigenvalue weighted by molar-refractivity contribution is 5.35. The molecule has 24 heavy (non-hydrogen) atoms. The number of pyridine rings is 1. The quantitative estimate of drug-likeness (QED) is 0.709. The molecule has 0 fully saturated rings. The van der Waals surface area contributed by atoms with Gasteiger partial charge in [-0.15, -0.1) is 0 Å². The molecule has 2 aromatic carbocycles. The molecule has 122 valence electrons. The fourth-order valence-corrected chi connectivity index (χ4v) is 2.30. The summed E-state index contributed by atoms with van der Waals surface area (Å²) in [5, 5.41) is 3.10. The summed E-state index contributed by atoms with van der Waals surface area (Å²) in [5.41, 5.74) is 2.23. The van der Waals surface area contributed by atoms with Crippen molar-refractivity contribution in [1.82, 2.24) is 10.3 Å². The van der Waals surface area contributed by atoms with E-state index in [2.05, 4.69) is 10.3 Å². The molecule has 4 heteroatoms. The summed E-state index contributed by atoms with van der Waals surface area (Å²) >= 11 is 0. The van der Waals surface area contributed by atoms with Crippen LogP contribution in [0.3, 0.4) is 0 Å². The molecule has 4 nitrogen and oxygen atoms in total. The molecule has 1 N–H and O–H groups in total. The topological polar surface area (TPSA) is 43.4 Å². The zero-order valence-electron chi connectivity index (χ0n) is 13.6. The van der Waals surface area contributed by atoms with Crippen molar-refractivity contribution >= 4 is 0 Å². The van der Waals surface area contributed by atoms with Gasteiger partial charge in [0.25, 0.3) is 0 Å². The van der Waals surface area contributed by atoms with Crippen molar-refractivity contribution in [3.63, 3.8) is 0 Å². The highest BCUT2D eigenvalue weighted by atomic mass is 16.5. The molecule has 0 spiro atoms. The molecule has 0 amide bonds. The van der Waals surface area contributed by atoms with E-state index in [0.29, 0.717) is 6.61 Å². The molecule has 0 saturated carbocycles. The predicted octanol–water partition coefficient (Wildman–Crippen LogP) is 4.17. The van der Waals surface area contributed by atoms with E-state index >= 15 is 0 Å². The van der Waals surface area contributed by atoms with Crippen LogP contribution in [0.1, 0.15) is 11.1 Å². The lowest BCUT2D eigenvalue weighted by molar-refractivity contribution is 0.306. The van der Waals surface area contributed by atoms with Gasteiger partial charge in [-0.05, 0) is 48.5 Å². The lowest BCUT2D eigenvalue weighted by Crippen LogP contribution is -2.05. The van der Waals surface area contributed by atoms with E-state index < -0.39 is 0 Å². The molecule has 3 rings (SSSR count). The highest BCUT2D eigenvalue weighted by Gasteiger charge is 2.01. The Morgan fingerprint density at radius 3 is 2.33 bits per heavy atom. The second kappa shape index (κ2) is 8.13. The van der Waals surface area contributed by atoms with Crippen molar-refractivity contribution in [2.45, 2.75) is 13.2 Å². The predicted molar refractivity (Wildman–Crippen MR) is 94.3 cm³/mol. The van der Waals surface area contributed by atoms with Crippen molar-refractivity contribution in [2.75, 3.05) is 7.05 Å². The number of rotatable bonds is 7.